The number of hydrogen-bond donors (Lipinski definition) is 1. The number of carbonyl (C=O) groups excluding carboxylic acids is 2. The van der Waals surface area contributed by atoms with E-state index in [2.05, 4.69) is 21.4 Å². The van der Waals surface area contributed by atoms with Crippen LogP contribution >= 0.6 is 27.5 Å². The lowest BCUT2D eigenvalue weighted by molar-refractivity contribution is -0.117. The van der Waals surface area contributed by atoms with E-state index in [9.17, 15) is 9.59 Å². The molecule has 0 aromatic heterocycles. The number of carbonyl (C=O) groups is 2. The molecular weight excluding hydrogens is 432 g/mol. The predicted molar refractivity (Wildman–Crippen MR) is 110 cm³/mol. The largest absolute Gasteiger partial charge is 0.488 e. The fraction of sp³-hybridized carbons (Fsp3) is 0.200. The zero-order chi connectivity index (χ0) is 19.6. The van der Waals surface area contributed by atoms with Crippen LogP contribution in [0.5, 0.6) is 5.75 Å². The molecule has 1 unspecified atom stereocenters. The first-order valence-electron chi connectivity index (χ1n) is 8.48. The highest BCUT2D eigenvalue weighted by Gasteiger charge is 2.34. The molecule has 0 bridgehead atoms. The van der Waals surface area contributed by atoms with Crippen LogP contribution in [0.25, 0.3) is 6.08 Å². The van der Waals surface area contributed by atoms with Crippen LogP contribution in [0.3, 0.4) is 0 Å². The van der Waals surface area contributed by atoms with Crippen molar-refractivity contribution >= 4 is 51.1 Å². The second-order valence-corrected chi connectivity index (χ2v) is 7.39. The van der Waals surface area contributed by atoms with Crippen molar-refractivity contribution in [2.24, 2.45) is 0 Å². The maximum absolute atomic E-state index is 12.6. The van der Waals surface area contributed by atoms with Crippen molar-refractivity contribution in [3.8, 4) is 5.75 Å². The molecule has 1 aliphatic heterocycles. The van der Waals surface area contributed by atoms with Gasteiger partial charge in [0.15, 0.2) is 5.75 Å². The van der Waals surface area contributed by atoms with Gasteiger partial charge in [0.2, 0.25) is 0 Å². The Morgan fingerprint density at radius 1 is 1.26 bits per heavy atom. The minimum atomic E-state index is -0.462. The fourth-order valence-corrected chi connectivity index (χ4v) is 3.50. The van der Waals surface area contributed by atoms with Gasteiger partial charge in [0, 0.05) is 0 Å². The van der Waals surface area contributed by atoms with Gasteiger partial charge in [0.25, 0.3) is 11.8 Å². The number of nitrogens with zero attached hydrogens (tertiary/aromatic N) is 1. The number of nitrogens with one attached hydrogen (secondary N) is 1. The number of para-hydroxylation sites is 1. The summed E-state index contributed by atoms with van der Waals surface area (Å²) in [7, 11) is 0. The number of hydrazine groups is 1. The molecule has 0 radical (unpaired) electrons. The van der Waals surface area contributed by atoms with E-state index >= 15 is 0 Å². The summed E-state index contributed by atoms with van der Waals surface area (Å²) in [5, 5.41) is 1.63. The van der Waals surface area contributed by atoms with E-state index in [1.807, 2.05) is 19.9 Å². The molecule has 0 spiro atoms. The van der Waals surface area contributed by atoms with Crippen LogP contribution in [0, 0.1) is 0 Å². The molecule has 7 heteroatoms. The average molecular weight is 450 g/mol. The third-order valence-electron chi connectivity index (χ3n) is 4.13. The predicted octanol–water partition coefficient (Wildman–Crippen LogP) is 4.74. The van der Waals surface area contributed by atoms with Crippen LogP contribution in [-0.4, -0.2) is 17.9 Å². The van der Waals surface area contributed by atoms with Gasteiger partial charge in [-0.1, -0.05) is 36.7 Å². The van der Waals surface area contributed by atoms with Gasteiger partial charge in [-0.3, -0.25) is 15.0 Å². The molecule has 140 valence electrons. The molecule has 27 heavy (non-hydrogen) atoms. The van der Waals surface area contributed by atoms with Crippen molar-refractivity contribution in [1.29, 1.82) is 0 Å². The molecule has 1 saturated heterocycles. The lowest BCUT2D eigenvalue weighted by atomic mass is 10.1. The molecule has 1 aliphatic rings. The van der Waals surface area contributed by atoms with Crippen molar-refractivity contribution in [3.05, 3.63) is 63.1 Å². The summed E-state index contributed by atoms with van der Waals surface area (Å²) in [6.07, 6.45) is 2.38. The van der Waals surface area contributed by atoms with E-state index in [1.54, 1.807) is 36.4 Å². The zero-order valence-corrected chi connectivity index (χ0v) is 17.2. The van der Waals surface area contributed by atoms with Crippen LogP contribution in [0.2, 0.25) is 5.02 Å². The molecular formula is C20H18BrClN2O3. The highest BCUT2D eigenvalue weighted by atomic mass is 79.9. The number of amides is 2. The number of benzene rings is 2. The van der Waals surface area contributed by atoms with Crippen molar-refractivity contribution in [3.63, 3.8) is 0 Å². The maximum atomic E-state index is 12.6. The smallest absolute Gasteiger partial charge is 0.282 e. The molecule has 1 fully saturated rings. The highest BCUT2D eigenvalue weighted by Crippen LogP contribution is 2.36. The Hall–Kier alpha value is -2.31. The summed E-state index contributed by atoms with van der Waals surface area (Å²) < 4.78 is 6.47. The van der Waals surface area contributed by atoms with Gasteiger partial charge in [-0.15, -0.1) is 0 Å². The molecule has 3 rings (SSSR count). The number of halogens is 2. The Morgan fingerprint density at radius 2 is 1.96 bits per heavy atom. The molecule has 2 aromatic rings. The molecule has 2 amide bonds. The topological polar surface area (TPSA) is 58.6 Å². The van der Waals surface area contributed by atoms with E-state index in [1.165, 1.54) is 11.1 Å². The Bertz CT molecular complexity index is 892. The van der Waals surface area contributed by atoms with E-state index < -0.39 is 11.8 Å². The van der Waals surface area contributed by atoms with E-state index in [-0.39, 0.29) is 11.7 Å². The van der Waals surface area contributed by atoms with Crippen LogP contribution in [0.15, 0.2) is 52.5 Å². The minimum absolute atomic E-state index is 0.0182. The van der Waals surface area contributed by atoms with Crippen LogP contribution in [0.4, 0.5) is 5.69 Å². The maximum Gasteiger partial charge on any atom is 0.282 e. The molecule has 0 aliphatic carbocycles. The normalized spacial score (nSPS) is 16.6. The Morgan fingerprint density at radius 3 is 2.59 bits per heavy atom. The van der Waals surface area contributed by atoms with E-state index in [0.717, 1.165) is 6.42 Å². The number of hydrogen-bond acceptors (Lipinski definition) is 3. The first kappa shape index (κ1) is 19.5. The standard InChI is InChI=1S/C20H18BrClN2O3/c1-3-12(2)27-18-16(21)10-13(11-17(18)22)9-15-19(25)23-24(20(15)26)14-7-5-4-6-8-14/h4-12H,3H2,1-2H3,(H,23,25). The quantitative estimate of drug-likeness (QED) is 0.530. The summed E-state index contributed by atoms with van der Waals surface area (Å²) in [5.74, 6) is -0.337. The van der Waals surface area contributed by atoms with Gasteiger partial charge < -0.3 is 4.74 Å². The first-order valence-corrected chi connectivity index (χ1v) is 9.65. The third-order valence-corrected chi connectivity index (χ3v) is 5.00. The Balaban J connectivity index is 1.90. The molecule has 5 nitrogen and oxygen atoms in total. The lowest BCUT2D eigenvalue weighted by Gasteiger charge is -2.16. The van der Waals surface area contributed by atoms with Crippen molar-refractivity contribution in [2.45, 2.75) is 26.4 Å². The van der Waals surface area contributed by atoms with E-state index in [0.29, 0.717) is 26.5 Å². The van der Waals surface area contributed by atoms with Gasteiger partial charge in [-0.25, -0.2) is 5.01 Å². The molecule has 1 N–H and O–H groups in total. The summed E-state index contributed by atoms with van der Waals surface area (Å²) in [6, 6.07) is 12.4. The van der Waals surface area contributed by atoms with Gasteiger partial charge in [-0.2, -0.15) is 0 Å². The van der Waals surface area contributed by atoms with Crippen LogP contribution in [0.1, 0.15) is 25.8 Å². The SMILES string of the molecule is CCC(C)Oc1c(Cl)cc(C=C2C(=O)NN(c3ccccc3)C2=O)cc1Br. The monoisotopic (exact) mass is 448 g/mol. The van der Waals surface area contributed by atoms with Gasteiger partial charge in [0.1, 0.15) is 5.57 Å². The van der Waals surface area contributed by atoms with Crippen molar-refractivity contribution in [2.75, 3.05) is 5.01 Å². The fourth-order valence-electron chi connectivity index (χ4n) is 2.54. The first-order chi connectivity index (χ1) is 12.9. The Labute approximate surface area is 171 Å². The number of anilines is 1. The van der Waals surface area contributed by atoms with Gasteiger partial charge >= 0.3 is 0 Å². The summed E-state index contributed by atoms with van der Waals surface area (Å²) in [6.45, 7) is 3.98. The molecule has 2 aromatic carbocycles. The average Bonchev–Trinajstić information content (AvgIpc) is 2.93. The molecule has 0 saturated carbocycles. The van der Waals surface area contributed by atoms with Crippen LogP contribution < -0.4 is 15.2 Å². The third kappa shape index (κ3) is 4.17. The molecule has 1 heterocycles. The lowest BCUT2D eigenvalue weighted by Crippen LogP contribution is -2.35. The summed E-state index contributed by atoms with van der Waals surface area (Å²) in [5.41, 5.74) is 3.83. The Kier molecular flexibility index (Phi) is 5.87. The van der Waals surface area contributed by atoms with Crippen molar-refractivity contribution < 1.29 is 14.3 Å². The van der Waals surface area contributed by atoms with E-state index in [4.69, 9.17) is 16.3 Å². The minimum Gasteiger partial charge on any atom is -0.488 e. The summed E-state index contributed by atoms with van der Waals surface area (Å²) >= 11 is 9.79. The second kappa shape index (κ2) is 8.15. The zero-order valence-electron chi connectivity index (χ0n) is 14.8. The number of rotatable bonds is 5. The van der Waals surface area contributed by atoms with Gasteiger partial charge in [-0.05, 0) is 65.2 Å². The summed E-state index contributed by atoms with van der Waals surface area (Å²) in [4.78, 5) is 24.9. The van der Waals surface area contributed by atoms with Gasteiger partial charge in [0.05, 0.1) is 21.3 Å². The highest BCUT2D eigenvalue weighted by molar-refractivity contribution is 9.10. The second-order valence-electron chi connectivity index (χ2n) is 6.13. The van der Waals surface area contributed by atoms with Crippen LogP contribution in [-0.2, 0) is 9.59 Å². The van der Waals surface area contributed by atoms with Crippen molar-refractivity contribution in [1.82, 2.24) is 5.43 Å². The molecule has 1 atom stereocenters. The number of ether oxygens (including phenoxy) is 1.